The van der Waals surface area contributed by atoms with Crippen molar-refractivity contribution >= 4 is 61.3 Å². The van der Waals surface area contributed by atoms with Crippen LogP contribution in [0.3, 0.4) is 0 Å². The van der Waals surface area contributed by atoms with Gasteiger partial charge in [-0.1, -0.05) is 86.4 Å². The number of carbonyl (C=O) groups excluding carboxylic acids is 2. The van der Waals surface area contributed by atoms with E-state index in [2.05, 4.69) is 50.6 Å². The van der Waals surface area contributed by atoms with Gasteiger partial charge in [-0.3, -0.25) is 9.59 Å². The quantitative estimate of drug-likeness (QED) is 0.0771. The average molecular weight is 886 g/mol. The van der Waals surface area contributed by atoms with Gasteiger partial charge in [0.25, 0.3) is 0 Å². The van der Waals surface area contributed by atoms with Crippen LogP contribution in [0.2, 0.25) is 0 Å². The number of fused-ring (bicyclic) bond motifs is 2. The monoisotopic (exact) mass is 885 g/mol. The van der Waals surface area contributed by atoms with Crippen molar-refractivity contribution in [3.05, 3.63) is 111 Å². The van der Waals surface area contributed by atoms with Gasteiger partial charge >= 0.3 is 0 Å². The van der Waals surface area contributed by atoms with Crippen LogP contribution in [-0.2, 0) is 32.5 Å². The molecule has 0 saturated heterocycles. The van der Waals surface area contributed by atoms with Crippen LogP contribution >= 0.6 is 0 Å². The number of hydrogen-bond acceptors (Lipinski definition) is 8. The van der Waals surface area contributed by atoms with Crippen molar-refractivity contribution in [1.29, 1.82) is 0 Å². The van der Waals surface area contributed by atoms with E-state index in [4.69, 9.17) is 9.41 Å². The summed E-state index contributed by atoms with van der Waals surface area (Å²) in [5, 5.41) is 11.2. The zero-order valence-electron chi connectivity index (χ0n) is 40.1. The zero-order chi connectivity index (χ0) is 47.4. The number of benzene rings is 5. The molecule has 6 rings (SSSR count). The topological polar surface area (TPSA) is 153 Å². The summed E-state index contributed by atoms with van der Waals surface area (Å²) in [5.41, 5.74) is 14.0. The molecule has 11 heteroatoms. The van der Waals surface area contributed by atoms with Crippen LogP contribution in [0.4, 0.5) is 28.4 Å². The van der Waals surface area contributed by atoms with Gasteiger partial charge in [-0.2, -0.15) is 0 Å². The Bertz CT molecular complexity index is 2890. The minimum absolute atomic E-state index is 0.0590. The highest BCUT2D eigenvalue weighted by atomic mass is 32.2. The maximum atomic E-state index is 13.0. The number of carbonyl (C=O) groups is 2. The van der Waals surface area contributed by atoms with E-state index in [1.54, 1.807) is 18.2 Å². The fraction of sp³-hybridized carbons (Fsp3) is 0.377. The third-order valence-electron chi connectivity index (χ3n) is 12.0. The standard InChI is InChI=1S/C51H60N4O6S.C2H6/c1-13-17-37-29(7)46(33(11)48(31(37)9)54-50(56)27(3)4)52-35-21-23-39-42(25-35)61-43-26-36(22-24-40(43)45(39)41-19-15-16-20-44(41)62(58,59)60)53-47-30(8)38(18-14-2)32(10)49(34(47)12)55-51(57)28(5)6;1-2/h15-16,19-28,52H,13-14,17-18H2,1-12H3,(H,54,56)(H,55,57)(H,58,59,60);1-2H3/p-1. The van der Waals surface area contributed by atoms with Crippen LogP contribution in [-0.4, -0.2) is 24.8 Å². The molecule has 1 aliphatic carbocycles. The molecule has 0 radical (unpaired) electrons. The summed E-state index contributed by atoms with van der Waals surface area (Å²) in [6.45, 7) is 28.0. The fourth-order valence-electron chi connectivity index (χ4n) is 8.52. The second kappa shape index (κ2) is 20.4. The van der Waals surface area contributed by atoms with E-state index in [1.165, 1.54) is 11.6 Å². The molecule has 2 aliphatic rings. The van der Waals surface area contributed by atoms with Gasteiger partial charge < -0.3 is 24.9 Å². The molecule has 2 amide bonds. The number of amides is 2. The molecule has 10 nitrogen and oxygen atoms in total. The van der Waals surface area contributed by atoms with Gasteiger partial charge in [0.05, 0.1) is 15.9 Å². The minimum atomic E-state index is -4.87. The molecule has 0 saturated carbocycles. The first-order chi connectivity index (χ1) is 30.3. The molecule has 0 spiro atoms. The van der Waals surface area contributed by atoms with Crippen molar-refractivity contribution in [3.63, 3.8) is 0 Å². The van der Waals surface area contributed by atoms with Crippen molar-refractivity contribution in [2.24, 2.45) is 16.8 Å². The highest BCUT2D eigenvalue weighted by molar-refractivity contribution is 7.85. The van der Waals surface area contributed by atoms with Crippen molar-refractivity contribution in [3.8, 4) is 22.5 Å². The third kappa shape index (κ3) is 9.96. The largest absolute Gasteiger partial charge is 0.744 e. The Kier molecular flexibility index (Phi) is 15.7. The molecule has 4 aromatic rings. The number of nitrogens with zero attached hydrogens (tertiary/aromatic N) is 1. The van der Waals surface area contributed by atoms with Gasteiger partial charge in [-0.05, 0) is 129 Å². The van der Waals surface area contributed by atoms with E-state index in [9.17, 15) is 22.6 Å². The number of nitrogens with one attached hydrogen (secondary N) is 3. The predicted molar refractivity (Wildman–Crippen MR) is 262 cm³/mol. The summed E-state index contributed by atoms with van der Waals surface area (Å²) in [6, 6.07) is 17.4. The molecule has 0 fully saturated rings. The highest BCUT2D eigenvalue weighted by Gasteiger charge is 2.24. The van der Waals surface area contributed by atoms with Crippen molar-refractivity contribution in [2.75, 3.05) is 16.0 Å². The first-order valence-electron chi connectivity index (χ1n) is 22.5. The van der Waals surface area contributed by atoms with Crippen LogP contribution in [0.25, 0.3) is 33.4 Å². The van der Waals surface area contributed by atoms with Crippen LogP contribution < -0.4 is 21.3 Å². The maximum Gasteiger partial charge on any atom is 0.226 e. The predicted octanol–water partition coefficient (Wildman–Crippen LogP) is 13.1. The number of anilines is 4. The second-order valence-corrected chi connectivity index (χ2v) is 18.4. The van der Waals surface area contributed by atoms with E-state index >= 15 is 0 Å². The van der Waals surface area contributed by atoms with E-state index in [0.717, 1.165) is 87.4 Å². The lowest BCUT2D eigenvalue weighted by molar-refractivity contribution is -0.119. The molecule has 0 atom stereocenters. The van der Waals surface area contributed by atoms with Crippen LogP contribution in [0, 0.1) is 53.4 Å². The lowest BCUT2D eigenvalue weighted by atomic mass is 9.91. The zero-order valence-corrected chi connectivity index (χ0v) is 40.9. The molecule has 3 N–H and O–H groups in total. The summed E-state index contributed by atoms with van der Waals surface area (Å²) >= 11 is 0. The first kappa shape index (κ1) is 49.2. The molecule has 0 aromatic heterocycles. The minimum Gasteiger partial charge on any atom is -0.744 e. The van der Waals surface area contributed by atoms with Gasteiger partial charge in [-0.15, -0.1) is 0 Å². The lowest BCUT2D eigenvalue weighted by Crippen LogP contribution is -2.20. The molecular weight excluding hydrogens is 821 g/mol. The van der Waals surface area contributed by atoms with E-state index in [-0.39, 0.29) is 34.1 Å². The Hall–Kier alpha value is -5.78. The van der Waals surface area contributed by atoms with Crippen molar-refractivity contribution in [1.82, 2.24) is 0 Å². The molecular formula is C53H65N4O6S-. The van der Waals surface area contributed by atoms with Gasteiger partial charge in [0.1, 0.15) is 21.5 Å². The average Bonchev–Trinajstić information content (AvgIpc) is 3.26. The van der Waals surface area contributed by atoms with Gasteiger partial charge in [0.15, 0.2) is 0 Å². The maximum absolute atomic E-state index is 13.0. The molecule has 1 aliphatic heterocycles. The molecule has 64 heavy (non-hydrogen) atoms. The Morgan fingerprint density at radius 3 is 1.78 bits per heavy atom. The summed E-state index contributed by atoms with van der Waals surface area (Å²) in [4.78, 5) is 30.8. The van der Waals surface area contributed by atoms with Crippen LogP contribution in [0.1, 0.15) is 113 Å². The Morgan fingerprint density at radius 2 is 1.22 bits per heavy atom. The normalized spacial score (nSPS) is 11.9. The Morgan fingerprint density at radius 1 is 0.672 bits per heavy atom. The third-order valence-corrected chi connectivity index (χ3v) is 12.9. The highest BCUT2D eigenvalue weighted by Crippen LogP contribution is 2.44. The van der Waals surface area contributed by atoms with Gasteiger partial charge in [0.2, 0.25) is 11.8 Å². The molecule has 0 unspecified atom stereocenters. The second-order valence-electron chi connectivity index (χ2n) is 17.0. The smallest absolute Gasteiger partial charge is 0.226 e. The van der Waals surface area contributed by atoms with Gasteiger partial charge in [-0.25, -0.2) is 13.4 Å². The van der Waals surface area contributed by atoms with Crippen molar-refractivity contribution in [2.45, 2.75) is 128 Å². The Labute approximate surface area is 380 Å². The van der Waals surface area contributed by atoms with E-state index in [0.29, 0.717) is 38.9 Å². The summed E-state index contributed by atoms with van der Waals surface area (Å²) in [6.07, 6.45) is 3.51. The summed E-state index contributed by atoms with van der Waals surface area (Å²) < 4.78 is 45.0. The number of rotatable bonds is 13. The molecule has 340 valence electrons. The summed E-state index contributed by atoms with van der Waals surface area (Å²) in [7, 11) is -4.87. The molecule has 4 aromatic carbocycles. The van der Waals surface area contributed by atoms with Crippen LogP contribution in [0.5, 0.6) is 0 Å². The van der Waals surface area contributed by atoms with E-state index < -0.39 is 10.1 Å². The van der Waals surface area contributed by atoms with Crippen LogP contribution in [0.15, 0.2) is 75.0 Å². The fourth-order valence-corrected chi connectivity index (χ4v) is 9.21. The molecule has 1 heterocycles. The number of hydrogen-bond donors (Lipinski definition) is 3. The van der Waals surface area contributed by atoms with Gasteiger partial charge in [0, 0.05) is 68.8 Å². The van der Waals surface area contributed by atoms with E-state index in [1.807, 2.05) is 98.7 Å². The summed E-state index contributed by atoms with van der Waals surface area (Å²) in [5.74, 6) is -0.0943. The Balaban J connectivity index is 0.00000380. The molecule has 0 bridgehead atoms. The first-order valence-corrected chi connectivity index (χ1v) is 23.9. The lowest BCUT2D eigenvalue weighted by Gasteiger charge is -2.24. The SMILES string of the molecule is CC.CCCc1c(C)c(N=c2ccc3c(-c4ccccc4S(=O)(=O)[O-])c4ccc(Nc5c(C)c(CCC)c(C)c(NC(=O)C(C)C)c5C)cc4oc-3c2)c(C)c(NC(=O)C(C)C)c1C. The van der Waals surface area contributed by atoms with Crippen molar-refractivity contribution < 1.29 is 27.0 Å².